The highest BCUT2D eigenvalue weighted by atomic mass is 16.3. The zero-order valence-corrected chi connectivity index (χ0v) is 10.7. The molecule has 1 fully saturated rings. The summed E-state index contributed by atoms with van der Waals surface area (Å²) in [5.41, 5.74) is 0. The Kier molecular flexibility index (Phi) is 3.87. The average Bonchev–Trinajstić information content (AvgIpc) is 3.01. The molecular weight excluding hydrogens is 214 g/mol. The van der Waals surface area contributed by atoms with Crippen molar-refractivity contribution in [2.75, 3.05) is 13.1 Å². The van der Waals surface area contributed by atoms with Crippen LogP contribution in [0.1, 0.15) is 44.8 Å². The molecule has 17 heavy (non-hydrogen) atoms. The highest BCUT2D eigenvalue weighted by Crippen LogP contribution is 2.29. The molecular formula is C14H21NO2. The van der Waals surface area contributed by atoms with Gasteiger partial charge in [0, 0.05) is 24.9 Å². The zero-order chi connectivity index (χ0) is 12.3. The molecule has 1 saturated heterocycles. The van der Waals surface area contributed by atoms with Crippen molar-refractivity contribution < 1.29 is 9.21 Å². The van der Waals surface area contributed by atoms with E-state index in [9.17, 15) is 4.79 Å². The molecule has 1 unspecified atom stereocenters. The summed E-state index contributed by atoms with van der Waals surface area (Å²) in [6.45, 7) is 5.88. The van der Waals surface area contributed by atoms with Gasteiger partial charge in [0.25, 0.3) is 0 Å². The minimum Gasteiger partial charge on any atom is -0.469 e. The fourth-order valence-corrected chi connectivity index (χ4v) is 2.61. The SMILES string of the molecule is CCC(CC)C(=O)N1CCC(c2ccco2)C1. The summed E-state index contributed by atoms with van der Waals surface area (Å²) in [5.74, 6) is 1.93. The van der Waals surface area contributed by atoms with E-state index in [-0.39, 0.29) is 5.92 Å². The average molecular weight is 235 g/mol. The molecule has 1 aliphatic heterocycles. The third-order valence-corrected chi connectivity index (χ3v) is 3.78. The lowest BCUT2D eigenvalue weighted by Gasteiger charge is -2.21. The fourth-order valence-electron chi connectivity index (χ4n) is 2.61. The molecule has 1 atom stereocenters. The van der Waals surface area contributed by atoms with Crippen LogP contribution in [0.5, 0.6) is 0 Å². The van der Waals surface area contributed by atoms with Crippen molar-refractivity contribution >= 4 is 5.91 Å². The Morgan fingerprint density at radius 3 is 2.88 bits per heavy atom. The van der Waals surface area contributed by atoms with Crippen molar-refractivity contribution in [3.63, 3.8) is 0 Å². The summed E-state index contributed by atoms with van der Waals surface area (Å²) in [7, 11) is 0. The highest BCUT2D eigenvalue weighted by molar-refractivity contribution is 5.79. The van der Waals surface area contributed by atoms with Gasteiger partial charge in [-0.1, -0.05) is 13.8 Å². The van der Waals surface area contributed by atoms with E-state index in [1.54, 1.807) is 6.26 Å². The van der Waals surface area contributed by atoms with Crippen LogP contribution in [0, 0.1) is 5.92 Å². The molecule has 2 heterocycles. The zero-order valence-electron chi connectivity index (χ0n) is 10.7. The largest absolute Gasteiger partial charge is 0.469 e. The monoisotopic (exact) mass is 235 g/mol. The number of amides is 1. The number of hydrogen-bond acceptors (Lipinski definition) is 2. The summed E-state index contributed by atoms with van der Waals surface area (Å²) in [6, 6.07) is 3.93. The fraction of sp³-hybridized carbons (Fsp3) is 0.643. The number of likely N-dealkylation sites (tertiary alicyclic amines) is 1. The molecule has 0 bridgehead atoms. The van der Waals surface area contributed by atoms with Gasteiger partial charge in [-0.2, -0.15) is 0 Å². The number of furan rings is 1. The maximum Gasteiger partial charge on any atom is 0.225 e. The van der Waals surface area contributed by atoms with Crippen LogP contribution in [-0.4, -0.2) is 23.9 Å². The third kappa shape index (κ3) is 2.54. The molecule has 0 aromatic carbocycles. The molecule has 0 N–H and O–H groups in total. The van der Waals surface area contributed by atoms with Crippen LogP contribution < -0.4 is 0 Å². The second-order valence-electron chi connectivity index (χ2n) is 4.80. The Morgan fingerprint density at radius 1 is 1.53 bits per heavy atom. The smallest absolute Gasteiger partial charge is 0.225 e. The normalized spacial score (nSPS) is 20.2. The standard InChI is InChI=1S/C14H21NO2/c1-3-11(4-2)14(16)15-8-7-12(10-15)13-6-5-9-17-13/h5-6,9,11-12H,3-4,7-8,10H2,1-2H3. The minimum atomic E-state index is 0.199. The van der Waals surface area contributed by atoms with Crippen LogP contribution in [-0.2, 0) is 4.79 Å². The van der Waals surface area contributed by atoms with Gasteiger partial charge in [-0.15, -0.1) is 0 Å². The maximum absolute atomic E-state index is 12.2. The molecule has 0 saturated carbocycles. The lowest BCUT2D eigenvalue weighted by atomic mass is 10.0. The van der Waals surface area contributed by atoms with Gasteiger partial charge in [-0.25, -0.2) is 0 Å². The molecule has 0 radical (unpaired) electrons. The Bertz CT molecular complexity index is 354. The molecule has 94 valence electrons. The number of carbonyl (C=O) groups excluding carboxylic acids is 1. The van der Waals surface area contributed by atoms with Gasteiger partial charge in [0.05, 0.1) is 6.26 Å². The molecule has 2 rings (SSSR count). The molecule has 1 aliphatic rings. The number of hydrogen-bond donors (Lipinski definition) is 0. The van der Waals surface area contributed by atoms with Crippen LogP contribution in [0.2, 0.25) is 0 Å². The predicted octanol–water partition coefficient (Wildman–Crippen LogP) is 3.03. The molecule has 3 heteroatoms. The first-order valence-corrected chi connectivity index (χ1v) is 6.58. The second kappa shape index (κ2) is 5.39. The van der Waals surface area contributed by atoms with Gasteiger partial charge in [0.1, 0.15) is 5.76 Å². The van der Waals surface area contributed by atoms with Gasteiger partial charge in [0.15, 0.2) is 0 Å². The maximum atomic E-state index is 12.2. The Labute approximate surface area is 103 Å². The predicted molar refractivity (Wildman–Crippen MR) is 66.7 cm³/mol. The number of rotatable bonds is 4. The van der Waals surface area contributed by atoms with Crippen molar-refractivity contribution in [1.82, 2.24) is 4.90 Å². The van der Waals surface area contributed by atoms with Crippen LogP contribution in [0.25, 0.3) is 0 Å². The summed E-state index contributed by atoms with van der Waals surface area (Å²) in [4.78, 5) is 14.2. The molecule has 3 nitrogen and oxygen atoms in total. The number of nitrogens with zero attached hydrogens (tertiary/aromatic N) is 1. The summed E-state index contributed by atoms with van der Waals surface area (Å²) in [5, 5.41) is 0. The second-order valence-corrected chi connectivity index (χ2v) is 4.80. The summed E-state index contributed by atoms with van der Waals surface area (Å²) in [6.07, 6.45) is 4.62. The molecule has 1 amide bonds. The Hall–Kier alpha value is -1.25. The van der Waals surface area contributed by atoms with E-state index < -0.39 is 0 Å². The van der Waals surface area contributed by atoms with Crippen LogP contribution in [0.3, 0.4) is 0 Å². The lowest BCUT2D eigenvalue weighted by molar-refractivity contribution is -0.134. The Balaban J connectivity index is 1.96. The highest BCUT2D eigenvalue weighted by Gasteiger charge is 2.31. The first kappa shape index (κ1) is 12.2. The first-order chi connectivity index (χ1) is 8.26. The Morgan fingerprint density at radius 2 is 2.29 bits per heavy atom. The van der Waals surface area contributed by atoms with Crippen molar-refractivity contribution in [3.8, 4) is 0 Å². The first-order valence-electron chi connectivity index (χ1n) is 6.58. The third-order valence-electron chi connectivity index (χ3n) is 3.78. The minimum absolute atomic E-state index is 0.199. The van der Waals surface area contributed by atoms with Gasteiger partial charge >= 0.3 is 0 Å². The van der Waals surface area contributed by atoms with Gasteiger partial charge in [-0.3, -0.25) is 4.79 Å². The van der Waals surface area contributed by atoms with Gasteiger partial charge < -0.3 is 9.32 Å². The summed E-state index contributed by atoms with van der Waals surface area (Å²) >= 11 is 0. The van der Waals surface area contributed by atoms with E-state index in [0.29, 0.717) is 11.8 Å². The van der Waals surface area contributed by atoms with Gasteiger partial charge in [-0.05, 0) is 31.4 Å². The van der Waals surface area contributed by atoms with Crippen molar-refractivity contribution in [3.05, 3.63) is 24.2 Å². The van der Waals surface area contributed by atoms with Crippen molar-refractivity contribution in [2.45, 2.75) is 39.0 Å². The lowest BCUT2D eigenvalue weighted by Crippen LogP contribution is -2.33. The van der Waals surface area contributed by atoms with Crippen LogP contribution in [0.4, 0.5) is 0 Å². The molecule has 0 aliphatic carbocycles. The molecule has 1 aromatic rings. The topological polar surface area (TPSA) is 33.5 Å². The van der Waals surface area contributed by atoms with E-state index in [2.05, 4.69) is 13.8 Å². The van der Waals surface area contributed by atoms with E-state index >= 15 is 0 Å². The van der Waals surface area contributed by atoms with E-state index in [1.165, 1.54) is 0 Å². The number of carbonyl (C=O) groups is 1. The van der Waals surface area contributed by atoms with Crippen molar-refractivity contribution in [1.29, 1.82) is 0 Å². The van der Waals surface area contributed by atoms with Gasteiger partial charge in [0.2, 0.25) is 5.91 Å². The quantitative estimate of drug-likeness (QED) is 0.803. The van der Waals surface area contributed by atoms with E-state index in [0.717, 1.165) is 38.1 Å². The van der Waals surface area contributed by atoms with Crippen molar-refractivity contribution in [2.24, 2.45) is 5.92 Å². The van der Waals surface area contributed by atoms with E-state index in [1.807, 2.05) is 17.0 Å². The van der Waals surface area contributed by atoms with E-state index in [4.69, 9.17) is 4.42 Å². The molecule has 0 spiro atoms. The molecule has 1 aromatic heterocycles. The summed E-state index contributed by atoms with van der Waals surface area (Å²) < 4.78 is 5.42. The van der Waals surface area contributed by atoms with Crippen LogP contribution >= 0.6 is 0 Å². The van der Waals surface area contributed by atoms with Crippen LogP contribution in [0.15, 0.2) is 22.8 Å².